The third-order valence-electron chi connectivity index (χ3n) is 5.95. The third kappa shape index (κ3) is 10.9. The van der Waals surface area contributed by atoms with Gasteiger partial charge in [0.25, 0.3) is 0 Å². The quantitative estimate of drug-likeness (QED) is 0.689. The molecule has 2 heterocycles. The summed E-state index contributed by atoms with van der Waals surface area (Å²) in [5.41, 5.74) is 1.01. The Kier molecular flexibility index (Phi) is 9.60. The highest BCUT2D eigenvalue weighted by Gasteiger charge is 2.24. The van der Waals surface area contributed by atoms with Crippen molar-refractivity contribution in [3.63, 3.8) is 0 Å². The zero-order valence-electron chi connectivity index (χ0n) is 19.6. The van der Waals surface area contributed by atoms with Crippen molar-refractivity contribution in [3.8, 4) is 0 Å². The molecule has 2 unspecified atom stereocenters. The maximum atomic E-state index is 2.61. The molecule has 0 bridgehead atoms. The zero-order chi connectivity index (χ0) is 20.0. The topological polar surface area (TPSA) is 9.72 Å². The van der Waals surface area contributed by atoms with Crippen molar-refractivity contribution in [1.29, 1.82) is 0 Å². The molecule has 2 atom stereocenters. The van der Waals surface area contributed by atoms with Gasteiger partial charge in [0.2, 0.25) is 0 Å². The Balaban J connectivity index is 0.000000263. The Hall–Kier alpha value is -0.120. The Morgan fingerprint density at radius 2 is 1.46 bits per heavy atom. The van der Waals surface area contributed by atoms with E-state index in [1.54, 1.807) is 0 Å². The first-order valence-electron chi connectivity index (χ1n) is 10.9. The second-order valence-corrected chi connectivity index (χ2v) is 11.5. The predicted octanol–water partition coefficient (Wildman–Crippen LogP) is 4.82. The molecule has 2 rings (SSSR count). The number of nitrogens with zero attached hydrogens (tertiary/aromatic N) is 3. The van der Waals surface area contributed by atoms with Gasteiger partial charge in [0, 0.05) is 19.1 Å². The summed E-state index contributed by atoms with van der Waals surface area (Å²) in [6, 6.07) is 0.787. The molecular formula is C23H49N3. The molecule has 0 aromatic rings. The molecule has 0 aromatic carbocycles. The molecule has 0 spiro atoms. The molecule has 0 radical (unpaired) electrons. The van der Waals surface area contributed by atoms with Gasteiger partial charge in [0.05, 0.1) is 0 Å². The molecule has 156 valence electrons. The third-order valence-corrected chi connectivity index (χ3v) is 5.95. The molecule has 0 saturated carbocycles. The summed E-state index contributed by atoms with van der Waals surface area (Å²) >= 11 is 0. The van der Waals surface area contributed by atoms with Crippen LogP contribution in [0.5, 0.6) is 0 Å². The van der Waals surface area contributed by atoms with Gasteiger partial charge in [-0.2, -0.15) is 0 Å². The van der Waals surface area contributed by atoms with E-state index in [-0.39, 0.29) is 0 Å². The summed E-state index contributed by atoms with van der Waals surface area (Å²) in [6.45, 7) is 20.5. The number of hydrogen-bond donors (Lipinski definition) is 0. The van der Waals surface area contributed by atoms with Crippen molar-refractivity contribution in [3.05, 3.63) is 0 Å². The van der Waals surface area contributed by atoms with Gasteiger partial charge in [-0.25, -0.2) is 0 Å². The Bertz CT molecular complexity index is 378. The van der Waals surface area contributed by atoms with Gasteiger partial charge in [0.1, 0.15) is 0 Å². The fourth-order valence-electron chi connectivity index (χ4n) is 3.83. The molecule has 2 saturated heterocycles. The first-order valence-corrected chi connectivity index (χ1v) is 10.9. The maximum Gasteiger partial charge on any atom is 0.0229 e. The molecule has 0 amide bonds. The Morgan fingerprint density at radius 3 is 1.88 bits per heavy atom. The van der Waals surface area contributed by atoms with E-state index in [4.69, 9.17) is 0 Å². The van der Waals surface area contributed by atoms with Crippen LogP contribution in [0, 0.1) is 16.7 Å². The van der Waals surface area contributed by atoms with E-state index in [2.05, 4.69) is 77.4 Å². The molecule has 26 heavy (non-hydrogen) atoms. The van der Waals surface area contributed by atoms with Gasteiger partial charge in [0.15, 0.2) is 0 Å². The minimum atomic E-state index is 0.482. The molecule has 3 nitrogen and oxygen atoms in total. The highest BCUT2D eigenvalue weighted by Crippen LogP contribution is 2.27. The summed E-state index contributed by atoms with van der Waals surface area (Å²) in [7, 11) is 6.62. The van der Waals surface area contributed by atoms with Gasteiger partial charge < -0.3 is 14.7 Å². The van der Waals surface area contributed by atoms with Crippen molar-refractivity contribution < 1.29 is 0 Å². The van der Waals surface area contributed by atoms with Crippen molar-refractivity contribution in [2.24, 2.45) is 16.7 Å². The van der Waals surface area contributed by atoms with Crippen molar-refractivity contribution in [1.82, 2.24) is 14.7 Å². The first-order chi connectivity index (χ1) is 11.9. The van der Waals surface area contributed by atoms with Gasteiger partial charge in [-0.05, 0) is 89.6 Å². The van der Waals surface area contributed by atoms with Crippen LogP contribution in [-0.4, -0.2) is 74.6 Å². The smallest absolute Gasteiger partial charge is 0.0229 e. The lowest BCUT2D eigenvalue weighted by atomic mass is 9.86. The summed E-state index contributed by atoms with van der Waals surface area (Å²) in [4.78, 5) is 7.42. The summed E-state index contributed by atoms with van der Waals surface area (Å²) in [6.07, 6.45) is 6.89. The molecule has 2 aliphatic rings. The average molecular weight is 368 g/mol. The highest BCUT2D eigenvalue weighted by atomic mass is 15.2. The van der Waals surface area contributed by atoms with E-state index in [0.717, 1.165) is 12.0 Å². The summed E-state index contributed by atoms with van der Waals surface area (Å²) < 4.78 is 0. The SMILES string of the molecule is CN(C)C1CCN(CCC(C)(C)C)C1.CN1CCC(CCC(C)(C)C)C1. The van der Waals surface area contributed by atoms with Crippen molar-refractivity contribution >= 4 is 0 Å². The summed E-state index contributed by atoms with van der Waals surface area (Å²) in [5.74, 6) is 0.981. The first kappa shape index (κ1) is 23.9. The second-order valence-electron chi connectivity index (χ2n) is 11.5. The monoisotopic (exact) mass is 367 g/mol. The van der Waals surface area contributed by atoms with Crippen LogP contribution < -0.4 is 0 Å². The second kappa shape index (κ2) is 10.4. The van der Waals surface area contributed by atoms with Gasteiger partial charge in [-0.1, -0.05) is 41.5 Å². The number of rotatable bonds is 5. The minimum absolute atomic E-state index is 0.482. The number of likely N-dealkylation sites (tertiary alicyclic amines) is 2. The van der Waals surface area contributed by atoms with E-state index in [0.29, 0.717) is 10.8 Å². The fourth-order valence-corrected chi connectivity index (χ4v) is 3.83. The van der Waals surface area contributed by atoms with Crippen LogP contribution in [0.15, 0.2) is 0 Å². The van der Waals surface area contributed by atoms with Crippen LogP contribution in [-0.2, 0) is 0 Å². The van der Waals surface area contributed by atoms with Gasteiger partial charge in [-0.15, -0.1) is 0 Å². The molecule has 0 aromatic heterocycles. The molecule has 0 N–H and O–H groups in total. The number of hydrogen-bond acceptors (Lipinski definition) is 3. The van der Waals surface area contributed by atoms with Crippen LogP contribution in [0.4, 0.5) is 0 Å². The maximum absolute atomic E-state index is 2.61. The van der Waals surface area contributed by atoms with E-state index >= 15 is 0 Å². The van der Waals surface area contributed by atoms with Crippen molar-refractivity contribution in [2.75, 3.05) is 53.9 Å². The summed E-state index contributed by atoms with van der Waals surface area (Å²) in [5, 5.41) is 0. The molecule has 3 heteroatoms. The van der Waals surface area contributed by atoms with E-state index in [1.807, 2.05) is 0 Å². The average Bonchev–Trinajstić information content (AvgIpc) is 3.11. The standard InChI is InChI=1S/C12H26N2.C11H23N/c1-12(2,3)7-9-14-8-6-11(10-14)13(4)5;1-11(2,3)7-5-10-6-8-12(4)9-10/h11H,6-10H2,1-5H3;10H,5-9H2,1-4H3. The van der Waals surface area contributed by atoms with Gasteiger partial charge in [-0.3, -0.25) is 0 Å². The lowest BCUT2D eigenvalue weighted by Gasteiger charge is -2.24. The van der Waals surface area contributed by atoms with Crippen molar-refractivity contribution in [2.45, 2.75) is 79.7 Å². The number of likely N-dealkylation sites (N-methyl/N-ethyl adjacent to an activating group) is 1. The Labute approximate surface area is 165 Å². The molecule has 2 fully saturated rings. The van der Waals surface area contributed by atoms with Crippen LogP contribution >= 0.6 is 0 Å². The van der Waals surface area contributed by atoms with E-state index < -0.39 is 0 Å². The Morgan fingerprint density at radius 1 is 0.846 bits per heavy atom. The molecule has 2 aliphatic heterocycles. The largest absolute Gasteiger partial charge is 0.306 e. The van der Waals surface area contributed by atoms with Crippen LogP contribution in [0.1, 0.15) is 73.6 Å². The van der Waals surface area contributed by atoms with E-state index in [1.165, 1.54) is 64.8 Å². The minimum Gasteiger partial charge on any atom is -0.306 e. The fraction of sp³-hybridized carbons (Fsp3) is 1.00. The lowest BCUT2D eigenvalue weighted by molar-refractivity contribution is 0.238. The normalized spacial score (nSPS) is 25.6. The predicted molar refractivity (Wildman–Crippen MR) is 117 cm³/mol. The zero-order valence-corrected chi connectivity index (χ0v) is 19.6. The molecule has 0 aliphatic carbocycles. The van der Waals surface area contributed by atoms with E-state index in [9.17, 15) is 0 Å². The van der Waals surface area contributed by atoms with Gasteiger partial charge >= 0.3 is 0 Å². The van der Waals surface area contributed by atoms with Crippen LogP contribution in [0.25, 0.3) is 0 Å². The molecular weight excluding hydrogens is 318 g/mol. The lowest BCUT2D eigenvalue weighted by Crippen LogP contribution is -2.32. The van der Waals surface area contributed by atoms with Crippen LogP contribution in [0.3, 0.4) is 0 Å². The highest BCUT2D eigenvalue weighted by molar-refractivity contribution is 4.81. The van der Waals surface area contributed by atoms with Crippen LogP contribution in [0.2, 0.25) is 0 Å².